The van der Waals surface area contributed by atoms with E-state index in [-0.39, 0.29) is 10.2 Å². The van der Waals surface area contributed by atoms with Crippen molar-refractivity contribution < 1.29 is 31.2 Å². The minimum absolute atomic E-state index is 0.00611. The monoisotopic (exact) mass is 556 g/mol. The Balaban J connectivity index is 1.42. The number of nitrogens with one attached hydrogen (secondary N) is 1. The SMILES string of the molecule is N#CC1(NC(=O)[C@@H]2C[C@@H](S(=O)(=O)c3ccc(-n4cnc(Cl)n4)cc3)CN2C(=O)C2(C(F)(F)F)CC2)CC1. The third-order valence-corrected chi connectivity index (χ3v) is 9.51. The van der Waals surface area contributed by atoms with Crippen molar-refractivity contribution in [1.29, 1.82) is 5.26 Å². The van der Waals surface area contributed by atoms with Crippen LogP contribution in [0.1, 0.15) is 32.1 Å². The number of carbonyl (C=O) groups excluding carboxylic acids is 2. The van der Waals surface area contributed by atoms with Crippen LogP contribution < -0.4 is 5.32 Å². The van der Waals surface area contributed by atoms with Gasteiger partial charge in [-0.3, -0.25) is 9.59 Å². The highest BCUT2D eigenvalue weighted by atomic mass is 35.5. The summed E-state index contributed by atoms with van der Waals surface area (Å²) in [5.74, 6) is -2.14. The summed E-state index contributed by atoms with van der Waals surface area (Å²) < 4.78 is 69.3. The molecule has 1 aromatic heterocycles. The maximum Gasteiger partial charge on any atom is 0.403 e. The van der Waals surface area contributed by atoms with E-state index in [0.29, 0.717) is 18.5 Å². The number of sulfone groups is 1. The Bertz CT molecular complexity index is 1410. The van der Waals surface area contributed by atoms with E-state index in [2.05, 4.69) is 15.4 Å². The maximum atomic E-state index is 13.7. The fraction of sp³-hybridized carbons (Fsp3) is 0.500. The number of halogens is 4. The number of benzene rings is 1. The Hall–Kier alpha value is -3.18. The number of amides is 2. The third-order valence-electron chi connectivity index (χ3n) is 7.19. The normalized spacial score (nSPS) is 23.8. The number of nitrogens with zero attached hydrogens (tertiary/aromatic N) is 5. The molecule has 3 aliphatic rings. The molecule has 0 bridgehead atoms. The van der Waals surface area contributed by atoms with Crippen LogP contribution in [0.4, 0.5) is 13.2 Å². The number of rotatable bonds is 6. The molecule has 15 heteroatoms. The Morgan fingerprint density at radius 1 is 1.16 bits per heavy atom. The minimum Gasteiger partial charge on any atom is -0.336 e. The molecule has 1 aliphatic heterocycles. The maximum absolute atomic E-state index is 13.7. The van der Waals surface area contributed by atoms with Crippen LogP contribution in [0, 0.1) is 16.7 Å². The molecule has 1 saturated heterocycles. The first-order chi connectivity index (χ1) is 17.3. The number of hydrogen-bond acceptors (Lipinski definition) is 7. The average Bonchev–Trinajstić information content (AvgIpc) is 3.73. The van der Waals surface area contributed by atoms with E-state index in [9.17, 15) is 36.4 Å². The summed E-state index contributed by atoms with van der Waals surface area (Å²) in [5.41, 5.74) is -3.28. The lowest BCUT2D eigenvalue weighted by Gasteiger charge is -2.29. The molecule has 2 aromatic rings. The van der Waals surface area contributed by atoms with Crippen molar-refractivity contribution in [3.8, 4) is 11.8 Å². The van der Waals surface area contributed by atoms with Gasteiger partial charge in [-0.25, -0.2) is 18.1 Å². The second kappa shape index (κ2) is 8.42. The van der Waals surface area contributed by atoms with Crippen LogP contribution in [0.3, 0.4) is 0 Å². The zero-order valence-corrected chi connectivity index (χ0v) is 20.6. The number of nitriles is 1. The van der Waals surface area contributed by atoms with Crippen molar-refractivity contribution in [2.45, 2.75) is 60.0 Å². The third kappa shape index (κ3) is 4.33. The summed E-state index contributed by atoms with van der Waals surface area (Å²) in [6.07, 6.45) is -4.00. The zero-order chi connectivity index (χ0) is 26.8. The van der Waals surface area contributed by atoms with Gasteiger partial charge in [0.05, 0.1) is 21.9 Å². The fourth-order valence-corrected chi connectivity index (χ4v) is 6.39. The molecule has 2 atom stereocenters. The lowest BCUT2D eigenvalue weighted by atomic mass is 10.0. The van der Waals surface area contributed by atoms with E-state index >= 15 is 0 Å². The smallest absolute Gasteiger partial charge is 0.336 e. The van der Waals surface area contributed by atoms with Crippen LogP contribution in [0.5, 0.6) is 0 Å². The summed E-state index contributed by atoms with van der Waals surface area (Å²) in [7, 11) is -4.15. The second-order valence-corrected chi connectivity index (χ2v) is 12.2. The van der Waals surface area contributed by atoms with Gasteiger partial charge in [0.15, 0.2) is 9.84 Å². The first kappa shape index (κ1) is 25.5. The fourth-order valence-electron chi connectivity index (χ4n) is 4.57. The lowest BCUT2D eigenvalue weighted by Crippen LogP contribution is -2.53. The van der Waals surface area contributed by atoms with E-state index < -0.39 is 75.9 Å². The molecule has 0 spiro atoms. The summed E-state index contributed by atoms with van der Waals surface area (Å²) in [6, 6.07) is 6.00. The first-order valence-electron chi connectivity index (χ1n) is 11.3. The van der Waals surface area contributed by atoms with Crippen LogP contribution in [0.2, 0.25) is 5.28 Å². The van der Waals surface area contributed by atoms with Gasteiger partial charge < -0.3 is 10.2 Å². The van der Waals surface area contributed by atoms with Crippen LogP contribution >= 0.6 is 11.6 Å². The van der Waals surface area contributed by atoms with Crippen molar-refractivity contribution in [3.63, 3.8) is 0 Å². The number of hydrogen-bond donors (Lipinski definition) is 1. The summed E-state index contributed by atoms with van der Waals surface area (Å²) >= 11 is 5.70. The van der Waals surface area contributed by atoms with Gasteiger partial charge in [-0.2, -0.15) is 18.4 Å². The van der Waals surface area contributed by atoms with Crippen molar-refractivity contribution >= 4 is 33.3 Å². The number of alkyl halides is 3. The zero-order valence-electron chi connectivity index (χ0n) is 19.1. The van der Waals surface area contributed by atoms with E-state index in [1.54, 1.807) is 0 Å². The molecule has 2 amide bonds. The molecule has 1 N–H and O–H groups in total. The molecule has 2 saturated carbocycles. The van der Waals surface area contributed by atoms with Gasteiger partial charge in [0.1, 0.15) is 23.3 Å². The Kier molecular flexibility index (Phi) is 5.80. The minimum atomic E-state index is -4.83. The molecule has 3 fully saturated rings. The predicted molar refractivity (Wildman–Crippen MR) is 121 cm³/mol. The highest BCUT2D eigenvalue weighted by Gasteiger charge is 2.70. The molecule has 196 valence electrons. The van der Waals surface area contributed by atoms with Crippen LogP contribution in [0.25, 0.3) is 5.69 Å². The summed E-state index contributed by atoms with van der Waals surface area (Å²) in [4.78, 5) is 30.5. The molecule has 0 unspecified atom stereocenters. The van der Waals surface area contributed by atoms with Crippen LogP contribution in [0.15, 0.2) is 35.5 Å². The molecule has 2 heterocycles. The summed E-state index contributed by atoms with van der Waals surface area (Å²) in [5, 5.41) is 14.4. The van der Waals surface area contributed by atoms with Crippen molar-refractivity contribution in [1.82, 2.24) is 25.0 Å². The summed E-state index contributed by atoms with van der Waals surface area (Å²) in [6.45, 7) is -0.572. The number of aromatic nitrogens is 3. The van der Waals surface area contributed by atoms with Crippen LogP contribution in [-0.2, 0) is 19.4 Å². The van der Waals surface area contributed by atoms with Crippen molar-refractivity contribution in [3.05, 3.63) is 35.9 Å². The average molecular weight is 557 g/mol. The van der Waals surface area contributed by atoms with Gasteiger partial charge in [-0.15, -0.1) is 5.10 Å². The molecule has 1 aromatic carbocycles. The lowest BCUT2D eigenvalue weighted by molar-refractivity contribution is -0.199. The van der Waals surface area contributed by atoms with E-state index in [1.165, 1.54) is 35.3 Å². The molecule has 5 rings (SSSR count). The molecular formula is C22H20ClF3N6O4S. The molecule has 37 heavy (non-hydrogen) atoms. The van der Waals surface area contributed by atoms with Gasteiger partial charge in [0.2, 0.25) is 17.1 Å². The first-order valence-corrected chi connectivity index (χ1v) is 13.3. The predicted octanol–water partition coefficient (Wildman–Crippen LogP) is 2.18. The highest BCUT2D eigenvalue weighted by Crippen LogP contribution is 2.59. The van der Waals surface area contributed by atoms with Gasteiger partial charge in [0, 0.05) is 6.54 Å². The van der Waals surface area contributed by atoms with Gasteiger partial charge in [-0.1, -0.05) is 0 Å². The Morgan fingerprint density at radius 2 is 1.81 bits per heavy atom. The quantitative estimate of drug-likeness (QED) is 0.575. The van der Waals surface area contributed by atoms with Gasteiger partial charge in [0.25, 0.3) is 0 Å². The number of carbonyl (C=O) groups is 2. The highest BCUT2D eigenvalue weighted by molar-refractivity contribution is 7.92. The van der Waals surface area contributed by atoms with Crippen molar-refractivity contribution in [2.75, 3.05) is 6.54 Å². The van der Waals surface area contributed by atoms with Crippen LogP contribution in [-0.4, -0.2) is 69.4 Å². The van der Waals surface area contributed by atoms with E-state index in [0.717, 1.165) is 4.90 Å². The van der Waals surface area contributed by atoms with E-state index in [4.69, 9.17) is 11.6 Å². The molecular weight excluding hydrogens is 537 g/mol. The van der Waals surface area contributed by atoms with Gasteiger partial charge in [-0.05, 0) is 68.0 Å². The molecule has 0 radical (unpaired) electrons. The largest absolute Gasteiger partial charge is 0.403 e. The topological polar surface area (TPSA) is 138 Å². The molecule has 10 nitrogen and oxygen atoms in total. The van der Waals surface area contributed by atoms with Gasteiger partial charge >= 0.3 is 6.18 Å². The second-order valence-electron chi connectivity index (χ2n) is 9.59. The Morgan fingerprint density at radius 3 is 2.30 bits per heavy atom. The van der Waals surface area contributed by atoms with Crippen molar-refractivity contribution in [2.24, 2.45) is 5.41 Å². The Labute approximate surface area is 214 Å². The number of likely N-dealkylation sites (tertiary alicyclic amines) is 1. The molecule has 2 aliphatic carbocycles. The van der Waals surface area contributed by atoms with E-state index in [1.807, 2.05) is 6.07 Å². The standard InChI is InChI=1S/C22H20ClF3N6O4S/c23-19-28-12-32(30-19)13-1-3-14(4-2-13)37(35,36)15-9-16(17(33)29-20(11-27)5-6-20)31(10-15)18(34)21(7-8-21)22(24,25)26/h1-4,12,15-16H,5-10H2,(H,29,33)/t15-,16+/m1/s1.